The zero-order valence-electron chi connectivity index (χ0n) is 16.9. The van der Waals surface area contributed by atoms with Crippen molar-refractivity contribution in [3.05, 3.63) is 35.4 Å². The molecule has 4 atom stereocenters. The second-order valence-corrected chi connectivity index (χ2v) is 7.61. The lowest BCUT2D eigenvalue weighted by Gasteiger charge is -2.18. The first-order valence-corrected chi connectivity index (χ1v) is 9.71. The van der Waals surface area contributed by atoms with E-state index in [1.165, 1.54) is 0 Å². The zero-order chi connectivity index (χ0) is 20.1. The van der Waals surface area contributed by atoms with Crippen molar-refractivity contribution in [1.29, 1.82) is 0 Å². The van der Waals surface area contributed by atoms with Gasteiger partial charge < -0.3 is 33.2 Å². The van der Waals surface area contributed by atoms with Crippen LogP contribution in [0.3, 0.4) is 0 Å². The molecule has 0 amide bonds. The summed E-state index contributed by atoms with van der Waals surface area (Å²) >= 11 is 0. The highest BCUT2D eigenvalue weighted by atomic mass is 16.7. The second kappa shape index (κ2) is 6.91. The van der Waals surface area contributed by atoms with Crippen LogP contribution in [0.25, 0.3) is 0 Å². The Morgan fingerprint density at radius 3 is 1.55 bits per heavy atom. The first-order chi connectivity index (χ1) is 14.1. The Bertz CT molecular complexity index is 866. The first-order valence-electron chi connectivity index (χ1n) is 9.71. The summed E-state index contributed by atoms with van der Waals surface area (Å²) in [6.45, 7) is 4.81. The van der Waals surface area contributed by atoms with Crippen molar-refractivity contribution in [2.45, 2.75) is 26.1 Å². The molecule has 7 heteroatoms. The highest BCUT2D eigenvalue weighted by Crippen LogP contribution is 2.54. The molecule has 0 radical (unpaired) electrons. The van der Waals surface area contributed by atoms with Gasteiger partial charge in [0, 0.05) is 0 Å². The zero-order valence-corrected chi connectivity index (χ0v) is 16.9. The lowest BCUT2D eigenvalue weighted by molar-refractivity contribution is 0.0286. The van der Waals surface area contributed by atoms with E-state index in [4.69, 9.17) is 33.2 Å². The fourth-order valence-corrected chi connectivity index (χ4v) is 4.35. The molecule has 0 saturated carbocycles. The fourth-order valence-electron chi connectivity index (χ4n) is 4.35. The van der Waals surface area contributed by atoms with E-state index in [2.05, 4.69) is 13.8 Å². The molecule has 0 aliphatic carbocycles. The third kappa shape index (κ3) is 2.83. The van der Waals surface area contributed by atoms with E-state index in [0.29, 0.717) is 34.5 Å². The number of methoxy groups -OCH3 is 2. The second-order valence-electron chi connectivity index (χ2n) is 7.61. The van der Waals surface area contributed by atoms with E-state index in [1.807, 2.05) is 24.3 Å². The molecule has 0 unspecified atom stereocenters. The summed E-state index contributed by atoms with van der Waals surface area (Å²) in [5, 5.41) is 0. The number of hydrogen-bond acceptors (Lipinski definition) is 7. The Morgan fingerprint density at radius 2 is 1.14 bits per heavy atom. The third-order valence-corrected chi connectivity index (χ3v) is 6.10. The van der Waals surface area contributed by atoms with Crippen LogP contribution < -0.4 is 28.4 Å². The SMILES string of the molecule is COc1cc([C@H]2O[C@@H](c3cc(OC)c4c(c3)OCO4)[C@@H](C)[C@@H]2C)cc2c1OCO2. The molecule has 2 aromatic carbocycles. The lowest BCUT2D eigenvalue weighted by Crippen LogP contribution is -2.10. The summed E-state index contributed by atoms with van der Waals surface area (Å²) in [5.74, 6) is 4.55. The van der Waals surface area contributed by atoms with Crippen molar-refractivity contribution in [2.24, 2.45) is 11.8 Å². The average molecular weight is 400 g/mol. The van der Waals surface area contributed by atoms with Gasteiger partial charge in [0.25, 0.3) is 0 Å². The number of benzene rings is 2. The van der Waals surface area contributed by atoms with Gasteiger partial charge in [-0.1, -0.05) is 13.8 Å². The average Bonchev–Trinajstić information content (AvgIpc) is 3.46. The topological polar surface area (TPSA) is 64.6 Å². The molecule has 0 spiro atoms. The minimum Gasteiger partial charge on any atom is -0.493 e. The minimum atomic E-state index is -0.102. The van der Waals surface area contributed by atoms with E-state index < -0.39 is 0 Å². The van der Waals surface area contributed by atoms with E-state index in [-0.39, 0.29) is 37.6 Å². The maximum atomic E-state index is 6.57. The quantitative estimate of drug-likeness (QED) is 0.760. The summed E-state index contributed by atoms with van der Waals surface area (Å²) in [6, 6.07) is 7.93. The summed E-state index contributed by atoms with van der Waals surface area (Å²) in [5.41, 5.74) is 2.03. The number of fused-ring (bicyclic) bond motifs is 2. The molecule has 154 valence electrons. The van der Waals surface area contributed by atoms with Crippen LogP contribution in [0.5, 0.6) is 34.5 Å². The molecule has 0 bridgehead atoms. The van der Waals surface area contributed by atoms with Crippen molar-refractivity contribution >= 4 is 0 Å². The van der Waals surface area contributed by atoms with Gasteiger partial charge in [0.1, 0.15) is 0 Å². The van der Waals surface area contributed by atoms with E-state index in [1.54, 1.807) is 14.2 Å². The van der Waals surface area contributed by atoms with Crippen molar-refractivity contribution in [1.82, 2.24) is 0 Å². The Morgan fingerprint density at radius 1 is 0.690 bits per heavy atom. The van der Waals surface area contributed by atoms with Crippen LogP contribution in [-0.2, 0) is 4.74 Å². The first kappa shape index (κ1) is 18.2. The predicted octanol–water partition coefficient (Wildman–Crippen LogP) is 4.25. The Kier molecular flexibility index (Phi) is 4.35. The smallest absolute Gasteiger partial charge is 0.231 e. The number of ether oxygens (including phenoxy) is 7. The minimum absolute atomic E-state index is 0.102. The predicted molar refractivity (Wildman–Crippen MR) is 103 cm³/mol. The molecule has 0 aromatic heterocycles. The van der Waals surface area contributed by atoms with Crippen molar-refractivity contribution in [3.63, 3.8) is 0 Å². The Labute approximate surface area is 169 Å². The van der Waals surface area contributed by atoms with E-state index >= 15 is 0 Å². The van der Waals surface area contributed by atoms with Crippen LogP contribution in [0.4, 0.5) is 0 Å². The molecule has 3 aliphatic rings. The van der Waals surface area contributed by atoms with Gasteiger partial charge in [-0.05, 0) is 47.2 Å². The Hall–Kier alpha value is -2.80. The van der Waals surface area contributed by atoms with Crippen LogP contribution in [0.1, 0.15) is 37.2 Å². The molecule has 29 heavy (non-hydrogen) atoms. The number of hydrogen-bond donors (Lipinski definition) is 0. The van der Waals surface area contributed by atoms with Gasteiger partial charge >= 0.3 is 0 Å². The standard InChI is InChI=1S/C22H24O7/c1-11-12(2)20(14-6-16(24-4)22-18(8-14)26-10-28-22)29-19(11)13-5-15(23-3)21-17(7-13)25-9-27-21/h5-8,11-12,19-20H,9-10H2,1-4H3/t11-,12-,19-,20+/m0/s1. The lowest BCUT2D eigenvalue weighted by atomic mass is 9.85. The van der Waals surface area contributed by atoms with Crippen LogP contribution >= 0.6 is 0 Å². The summed E-state index contributed by atoms with van der Waals surface area (Å²) < 4.78 is 39.8. The van der Waals surface area contributed by atoms with Gasteiger partial charge in [0.15, 0.2) is 23.0 Å². The largest absolute Gasteiger partial charge is 0.493 e. The van der Waals surface area contributed by atoms with Gasteiger partial charge in [-0.3, -0.25) is 0 Å². The molecule has 3 aliphatic heterocycles. The van der Waals surface area contributed by atoms with Gasteiger partial charge in [-0.2, -0.15) is 0 Å². The summed E-state index contributed by atoms with van der Waals surface area (Å²) in [4.78, 5) is 0. The maximum Gasteiger partial charge on any atom is 0.231 e. The van der Waals surface area contributed by atoms with Crippen LogP contribution in [-0.4, -0.2) is 27.8 Å². The molecule has 5 rings (SSSR count). The molecule has 1 fully saturated rings. The fraction of sp³-hybridized carbons (Fsp3) is 0.455. The monoisotopic (exact) mass is 400 g/mol. The highest BCUT2D eigenvalue weighted by molar-refractivity contribution is 5.57. The Balaban J connectivity index is 1.49. The van der Waals surface area contributed by atoms with Gasteiger partial charge in [-0.25, -0.2) is 0 Å². The summed E-state index contributed by atoms with van der Waals surface area (Å²) in [6.07, 6.45) is -0.204. The van der Waals surface area contributed by atoms with Crippen molar-refractivity contribution < 1.29 is 33.2 Å². The normalized spacial score (nSPS) is 26.6. The molecular weight excluding hydrogens is 376 g/mol. The molecule has 0 N–H and O–H groups in total. The van der Waals surface area contributed by atoms with Gasteiger partial charge in [0.05, 0.1) is 26.4 Å². The third-order valence-electron chi connectivity index (χ3n) is 6.10. The van der Waals surface area contributed by atoms with Gasteiger partial charge in [0.2, 0.25) is 25.1 Å². The number of rotatable bonds is 4. The van der Waals surface area contributed by atoms with E-state index in [0.717, 1.165) is 11.1 Å². The maximum absolute atomic E-state index is 6.57. The van der Waals surface area contributed by atoms with E-state index in [9.17, 15) is 0 Å². The molecule has 2 aromatic rings. The molecule has 3 heterocycles. The van der Waals surface area contributed by atoms with Crippen LogP contribution in [0.2, 0.25) is 0 Å². The highest BCUT2D eigenvalue weighted by Gasteiger charge is 2.42. The molecule has 1 saturated heterocycles. The summed E-state index contributed by atoms with van der Waals surface area (Å²) in [7, 11) is 3.26. The van der Waals surface area contributed by atoms with Crippen molar-refractivity contribution in [2.75, 3.05) is 27.8 Å². The van der Waals surface area contributed by atoms with Crippen LogP contribution in [0.15, 0.2) is 24.3 Å². The van der Waals surface area contributed by atoms with Crippen molar-refractivity contribution in [3.8, 4) is 34.5 Å². The molecular formula is C22H24O7. The molecule has 7 nitrogen and oxygen atoms in total. The van der Waals surface area contributed by atoms with Gasteiger partial charge in [-0.15, -0.1) is 0 Å². The van der Waals surface area contributed by atoms with Crippen LogP contribution in [0, 0.1) is 11.8 Å².